The molecule has 0 atom stereocenters. The standard InChI is InChI=1S/C11H16BrN/c12-7-2-1-4-10-5-3-6-11(8-10)9-13/h3,5-6,8H,1-2,4,7,9,13H2. The molecule has 0 aliphatic carbocycles. The maximum Gasteiger partial charge on any atom is 0.0178 e. The van der Waals surface area contributed by atoms with Gasteiger partial charge in [0.05, 0.1) is 0 Å². The first-order valence-electron chi connectivity index (χ1n) is 4.70. The van der Waals surface area contributed by atoms with Crippen molar-refractivity contribution in [3.63, 3.8) is 0 Å². The van der Waals surface area contributed by atoms with Crippen LogP contribution in [0.1, 0.15) is 24.0 Å². The van der Waals surface area contributed by atoms with Crippen LogP contribution in [0.25, 0.3) is 0 Å². The van der Waals surface area contributed by atoms with Crippen molar-refractivity contribution in [2.24, 2.45) is 5.73 Å². The Morgan fingerprint density at radius 1 is 1.15 bits per heavy atom. The number of halogens is 1. The Bertz CT molecular complexity index is 248. The number of alkyl halides is 1. The normalized spacial score (nSPS) is 10.3. The van der Waals surface area contributed by atoms with Crippen LogP contribution in [-0.4, -0.2) is 5.33 Å². The summed E-state index contributed by atoms with van der Waals surface area (Å²) in [7, 11) is 0. The third-order valence-corrected chi connectivity index (χ3v) is 2.64. The molecule has 0 amide bonds. The molecule has 0 unspecified atom stereocenters. The van der Waals surface area contributed by atoms with Crippen molar-refractivity contribution in [1.29, 1.82) is 0 Å². The third-order valence-electron chi connectivity index (χ3n) is 2.08. The van der Waals surface area contributed by atoms with Crippen LogP contribution in [0.4, 0.5) is 0 Å². The Morgan fingerprint density at radius 3 is 2.62 bits per heavy atom. The molecule has 0 saturated heterocycles. The lowest BCUT2D eigenvalue weighted by Gasteiger charge is -2.02. The molecule has 0 fully saturated rings. The Morgan fingerprint density at radius 2 is 1.92 bits per heavy atom. The van der Waals surface area contributed by atoms with Gasteiger partial charge >= 0.3 is 0 Å². The first kappa shape index (κ1) is 10.7. The van der Waals surface area contributed by atoms with E-state index < -0.39 is 0 Å². The maximum atomic E-state index is 5.57. The summed E-state index contributed by atoms with van der Waals surface area (Å²) in [5.74, 6) is 0. The number of hydrogen-bond acceptors (Lipinski definition) is 1. The number of benzene rings is 1. The van der Waals surface area contributed by atoms with Crippen molar-refractivity contribution >= 4 is 15.9 Å². The van der Waals surface area contributed by atoms with E-state index in [0.29, 0.717) is 6.54 Å². The van der Waals surface area contributed by atoms with Crippen molar-refractivity contribution < 1.29 is 0 Å². The molecule has 0 aliphatic heterocycles. The molecule has 1 rings (SSSR count). The minimum atomic E-state index is 0.645. The van der Waals surface area contributed by atoms with Gasteiger partial charge in [-0.15, -0.1) is 0 Å². The number of aryl methyl sites for hydroxylation is 1. The van der Waals surface area contributed by atoms with Gasteiger partial charge in [-0.1, -0.05) is 40.2 Å². The molecule has 0 heterocycles. The number of unbranched alkanes of at least 4 members (excludes halogenated alkanes) is 1. The van der Waals surface area contributed by atoms with Gasteiger partial charge in [-0.05, 0) is 30.4 Å². The van der Waals surface area contributed by atoms with Crippen LogP contribution in [0.15, 0.2) is 24.3 Å². The molecule has 2 N–H and O–H groups in total. The fourth-order valence-electron chi connectivity index (χ4n) is 1.34. The summed E-state index contributed by atoms with van der Waals surface area (Å²) < 4.78 is 0. The van der Waals surface area contributed by atoms with E-state index in [1.165, 1.54) is 30.4 Å². The molecule has 0 aliphatic rings. The van der Waals surface area contributed by atoms with Gasteiger partial charge < -0.3 is 5.73 Å². The van der Waals surface area contributed by atoms with Crippen LogP contribution in [0.3, 0.4) is 0 Å². The van der Waals surface area contributed by atoms with E-state index in [0.717, 1.165) is 5.33 Å². The minimum Gasteiger partial charge on any atom is -0.326 e. The monoisotopic (exact) mass is 241 g/mol. The second kappa shape index (κ2) is 6.17. The van der Waals surface area contributed by atoms with E-state index in [9.17, 15) is 0 Å². The second-order valence-electron chi connectivity index (χ2n) is 3.17. The molecule has 1 nitrogen and oxygen atoms in total. The van der Waals surface area contributed by atoms with Gasteiger partial charge in [-0.2, -0.15) is 0 Å². The first-order chi connectivity index (χ1) is 6.36. The lowest BCUT2D eigenvalue weighted by atomic mass is 10.1. The van der Waals surface area contributed by atoms with E-state index in [1.54, 1.807) is 0 Å². The summed E-state index contributed by atoms with van der Waals surface area (Å²) >= 11 is 3.43. The van der Waals surface area contributed by atoms with Crippen LogP contribution in [0, 0.1) is 0 Å². The highest BCUT2D eigenvalue weighted by Crippen LogP contribution is 2.08. The highest BCUT2D eigenvalue weighted by molar-refractivity contribution is 9.09. The van der Waals surface area contributed by atoms with E-state index in [1.807, 2.05) is 0 Å². The Labute approximate surface area is 88.5 Å². The molecule has 13 heavy (non-hydrogen) atoms. The average molecular weight is 242 g/mol. The Kier molecular flexibility index (Phi) is 5.09. The molecule has 0 bridgehead atoms. The molecule has 1 aromatic rings. The molecule has 72 valence electrons. The van der Waals surface area contributed by atoms with Crippen molar-refractivity contribution in [3.05, 3.63) is 35.4 Å². The van der Waals surface area contributed by atoms with Gasteiger partial charge in [-0.3, -0.25) is 0 Å². The van der Waals surface area contributed by atoms with Crippen LogP contribution >= 0.6 is 15.9 Å². The number of nitrogens with two attached hydrogens (primary N) is 1. The molecular weight excluding hydrogens is 226 g/mol. The van der Waals surface area contributed by atoms with Crippen molar-refractivity contribution in [1.82, 2.24) is 0 Å². The van der Waals surface area contributed by atoms with Crippen LogP contribution in [0.5, 0.6) is 0 Å². The summed E-state index contributed by atoms with van der Waals surface area (Å²) in [6.07, 6.45) is 3.66. The molecular formula is C11H16BrN. The lowest BCUT2D eigenvalue weighted by molar-refractivity contribution is 0.804. The topological polar surface area (TPSA) is 26.0 Å². The van der Waals surface area contributed by atoms with Crippen LogP contribution in [0.2, 0.25) is 0 Å². The third kappa shape index (κ3) is 3.92. The molecule has 0 radical (unpaired) electrons. The molecule has 0 spiro atoms. The zero-order chi connectivity index (χ0) is 9.52. The van der Waals surface area contributed by atoms with Crippen LogP contribution < -0.4 is 5.73 Å². The summed E-state index contributed by atoms with van der Waals surface area (Å²) in [4.78, 5) is 0. The van der Waals surface area contributed by atoms with Crippen molar-refractivity contribution in [2.45, 2.75) is 25.8 Å². The van der Waals surface area contributed by atoms with Gasteiger partial charge in [-0.25, -0.2) is 0 Å². The van der Waals surface area contributed by atoms with Crippen molar-refractivity contribution in [2.75, 3.05) is 5.33 Å². The lowest BCUT2D eigenvalue weighted by Crippen LogP contribution is -1.97. The Hall–Kier alpha value is -0.340. The highest BCUT2D eigenvalue weighted by atomic mass is 79.9. The SMILES string of the molecule is NCc1cccc(CCCCBr)c1. The predicted octanol–water partition coefficient (Wildman–Crippen LogP) is 2.86. The molecule has 2 heteroatoms. The number of rotatable bonds is 5. The fraction of sp³-hybridized carbons (Fsp3) is 0.455. The predicted molar refractivity (Wildman–Crippen MR) is 61.1 cm³/mol. The molecule has 0 aromatic heterocycles. The second-order valence-corrected chi connectivity index (χ2v) is 3.96. The maximum absolute atomic E-state index is 5.57. The smallest absolute Gasteiger partial charge is 0.0178 e. The quantitative estimate of drug-likeness (QED) is 0.623. The van der Waals surface area contributed by atoms with E-state index in [-0.39, 0.29) is 0 Å². The van der Waals surface area contributed by atoms with Crippen LogP contribution in [-0.2, 0) is 13.0 Å². The van der Waals surface area contributed by atoms with Gasteiger partial charge in [0.1, 0.15) is 0 Å². The highest BCUT2D eigenvalue weighted by Gasteiger charge is 1.94. The molecule has 0 saturated carbocycles. The summed E-state index contributed by atoms with van der Waals surface area (Å²) in [6.45, 7) is 0.645. The average Bonchev–Trinajstić information content (AvgIpc) is 2.19. The zero-order valence-corrected chi connectivity index (χ0v) is 9.39. The zero-order valence-electron chi connectivity index (χ0n) is 7.80. The largest absolute Gasteiger partial charge is 0.326 e. The fourth-order valence-corrected chi connectivity index (χ4v) is 1.73. The summed E-state index contributed by atoms with van der Waals surface area (Å²) in [5.41, 5.74) is 8.21. The summed E-state index contributed by atoms with van der Waals surface area (Å²) in [6, 6.07) is 8.54. The van der Waals surface area contributed by atoms with Crippen molar-refractivity contribution in [3.8, 4) is 0 Å². The van der Waals surface area contributed by atoms with Gasteiger partial charge in [0.15, 0.2) is 0 Å². The summed E-state index contributed by atoms with van der Waals surface area (Å²) in [5, 5.41) is 1.10. The van der Waals surface area contributed by atoms with E-state index in [4.69, 9.17) is 5.73 Å². The van der Waals surface area contributed by atoms with E-state index in [2.05, 4.69) is 40.2 Å². The van der Waals surface area contributed by atoms with Gasteiger partial charge in [0.25, 0.3) is 0 Å². The van der Waals surface area contributed by atoms with E-state index >= 15 is 0 Å². The molecule has 1 aromatic carbocycles. The van der Waals surface area contributed by atoms with Gasteiger partial charge in [0, 0.05) is 11.9 Å². The minimum absolute atomic E-state index is 0.645. The number of hydrogen-bond donors (Lipinski definition) is 1. The first-order valence-corrected chi connectivity index (χ1v) is 5.83. The Balaban J connectivity index is 2.46. The van der Waals surface area contributed by atoms with Gasteiger partial charge in [0.2, 0.25) is 0 Å².